The van der Waals surface area contributed by atoms with Crippen LogP contribution in [0.2, 0.25) is 0 Å². The third-order valence-corrected chi connectivity index (χ3v) is 1.91. The van der Waals surface area contributed by atoms with Crippen LogP contribution in [-0.2, 0) is 0 Å². The van der Waals surface area contributed by atoms with Gasteiger partial charge in [0, 0.05) is 9.95 Å². The second-order valence-corrected chi connectivity index (χ2v) is 4.25. The Hall–Kier alpha value is 0.530. The molecule has 0 aliphatic rings. The predicted octanol–water partition coefficient (Wildman–Crippen LogP) is 2.90. The van der Waals surface area contributed by atoms with E-state index in [0.717, 1.165) is 9.95 Å². The minimum absolute atomic E-state index is 0.824. The van der Waals surface area contributed by atoms with Crippen molar-refractivity contribution in [3.8, 4) is 0 Å². The van der Waals surface area contributed by atoms with Crippen LogP contribution in [0.5, 0.6) is 0 Å². The van der Waals surface area contributed by atoms with Crippen LogP contribution in [0.1, 0.15) is 13.8 Å². The van der Waals surface area contributed by atoms with Crippen LogP contribution < -0.4 is 0 Å². The van der Waals surface area contributed by atoms with E-state index in [1.165, 1.54) is 4.91 Å². The summed E-state index contributed by atoms with van der Waals surface area (Å²) in [6.45, 7) is 3.95. The Bertz CT molecular complexity index is 126. The summed E-state index contributed by atoms with van der Waals surface area (Å²) in [5.41, 5.74) is 0. The van der Waals surface area contributed by atoms with E-state index in [0.29, 0.717) is 0 Å². The van der Waals surface area contributed by atoms with Crippen LogP contribution >= 0.6 is 36.6 Å². The highest BCUT2D eigenvalue weighted by molar-refractivity contribution is 8.12. The molecule has 0 rings (SSSR count). The maximum Gasteiger partial charge on any atom is 0.0405 e. The molecule has 3 heteroatoms. The van der Waals surface area contributed by atoms with E-state index >= 15 is 0 Å². The number of allylic oxidation sites excluding steroid dienone is 2. The molecule has 0 nitrogen and oxygen atoms in total. The third kappa shape index (κ3) is 6.41. The molecule has 0 spiro atoms. The van der Waals surface area contributed by atoms with Gasteiger partial charge in [-0.3, -0.25) is 0 Å². The average molecular weight is 178 g/mol. The van der Waals surface area contributed by atoms with E-state index in [4.69, 9.17) is 12.2 Å². The fraction of sp³-hybridized carbons (Fsp3) is 0.500. The maximum atomic E-state index is 4.87. The first-order valence-electron chi connectivity index (χ1n) is 2.59. The Balaban J connectivity index is 3.69. The van der Waals surface area contributed by atoms with Gasteiger partial charge in [0.25, 0.3) is 0 Å². The van der Waals surface area contributed by atoms with E-state index < -0.39 is 0 Å². The molecule has 52 valence electrons. The van der Waals surface area contributed by atoms with Gasteiger partial charge in [-0.2, -0.15) is 12.6 Å². The lowest BCUT2D eigenvalue weighted by molar-refractivity contribution is 1.69. The summed E-state index contributed by atoms with van der Waals surface area (Å²) in [5.74, 6) is 0. The summed E-state index contributed by atoms with van der Waals surface area (Å²) in [6, 6.07) is 0. The SMILES string of the molecule is CC(=S)/C=C(/C)SCS. The molecule has 0 bridgehead atoms. The number of hydrogen-bond donors (Lipinski definition) is 1. The van der Waals surface area contributed by atoms with Crippen molar-refractivity contribution >= 4 is 41.5 Å². The van der Waals surface area contributed by atoms with E-state index in [-0.39, 0.29) is 0 Å². The molecule has 0 radical (unpaired) electrons. The van der Waals surface area contributed by atoms with E-state index in [2.05, 4.69) is 12.6 Å². The Kier molecular flexibility index (Phi) is 5.64. The summed E-state index contributed by atoms with van der Waals surface area (Å²) in [6.07, 6.45) is 1.98. The number of thioether (sulfide) groups is 1. The second-order valence-electron chi connectivity index (χ2n) is 1.64. The molecular formula is C6H10S3. The summed E-state index contributed by atoms with van der Waals surface area (Å²) >= 11 is 10.6. The molecule has 0 aromatic heterocycles. The molecule has 0 N–H and O–H groups in total. The molecule has 0 saturated carbocycles. The van der Waals surface area contributed by atoms with Crippen LogP contribution in [-0.4, -0.2) is 9.95 Å². The summed E-state index contributed by atoms with van der Waals surface area (Å²) in [4.78, 5) is 2.17. The third-order valence-electron chi connectivity index (χ3n) is 0.699. The lowest BCUT2D eigenvalue weighted by atomic mass is 10.4. The zero-order valence-corrected chi connectivity index (χ0v) is 8.08. The van der Waals surface area contributed by atoms with E-state index in [1.807, 2.05) is 19.9 Å². The highest BCUT2D eigenvalue weighted by atomic mass is 32.2. The monoisotopic (exact) mass is 178 g/mol. The number of rotatable bonds is 3. The number of hydrogen-bond acceptors (Lipinski definition) is 3. The molecule has 0 aromatic rings. The first kappa shape index (κ1) is 9.53. The first-order valence-corrected chi connectivity index (χ1v) is 4.62. The molecule has 9 heavy (non-hydrogen) atoms. The van der Waals surface area contributed by atoms with Gasteiger partial charge in [0.2, 0.25) is 0 Å². The van der Waals surface area contributed by atoms with Gasteiger partial charge in [-0.25, -0.2) is 0 Å². The molecule has 0 aromatic carbocycles. The molecule has 0 heterocycles. The van der Waals surface area contributed by atoms with Crippen molar-refractivity contribution in [2.45, 2.75) is 13.8 Å². The molecule has 0 amide bonds. The molecule has 0 unspecified atom stereocenters. The fourth-order valence-electron chi connectivity index (χ4n) is 0.430. The van der Waals surface area contributed by atoms with Crippen LogP contribution in [0, 0.1) is 0 Å². The summed E-state index contributed by atoms with van der Waals surface area (Å²) in [5, 5.41) is 0.824. The van der Waals surface area contributed by atoms with Crippen molar-refractivity contribution < 1.29 is 0 Å². The molecule has 0 aliphatic heterocycles. The van der Waals surface area contributed by atoms with Crippen LogP contribution in [0.15, 0.2) is 11.0 Å². The highest BCUT2D eigenvalue weighted by Gasteiger charge is 1.86. The predicted molar refractivity (Wildman–Crippen MR) is 53.5 cm³/mol. The smallest absolute Gasteiger partial charge is 0.0405 e. The lowest BCUT2D eigenvalue weighted by Crippen LogP contribution is -1.78. The molecular weight excluding hydrogens is 168 g/mol. The van der Waals surface area contributed by atoms with E-state index in [9.17, 15) is 0 Å². The van der Waals surface area contributed by atoms with Crippen LogP contribution in [0.25, 0.3) is 0 Å². The summed E-state index contributed by atoms with van der Waals surface area (Å²) in [7, 11) is 0. The Morgan fingerprint density at radius 2 is 2.22 bits per heavy atom. The number of thiol groups is 1. The first-order chi connectivity index (χ1) is 4.16. The van der Waals surface area contributed by atoms with Crippen molar-refractivity contribution in [1.29, 1.82) is 0 Å². The van der Waals surface area contributed by atoms with Crippen LogP contribution in [0.4, 0.5) is 0 Å². The minimum Gasteiger partial charge on any atom is -0.168 e. The van der Waals surface area contributed by atoms with Gasteiger partial charge < -0.3 is 0 Å². The largest absolute Gasteiger partial charge is 0.168 e. The molecule has 0 fully saturated rings. The summed E-state index contributed by atoms with van der Waals surface area (Å²) < 4.78 is 0. The van der Waals surface area contributed by atoms with Gasteiger partial charge in [-0.15, -0.1) is 11.8 Å². The van der Waals surface area contributed by atoms with Gasteiger partial charge in [0.1, 0.15) is 0 Å². The van der Waals surface area contributed by atoms with E-state index in [1.54, 1.807) is 11.8 Å². The molecule has 0 aliphatic carbocycles. The van der Waals surface area contributed by atoms with Crippen molar-refractivity contribution in [2.75, 3.05) is 5.08 Å². The zero-order valence-electron chi connectivity index (χ0n) is 5.55. The topological polar surface area (TPSA) is 0 Å². The Morgan fingerprint density at radius 1 is 1.67 bits per heavy atom. The van der Waals surface area contributed by atoms with Crippen molar-refractivity contribution in [1.82, 2.24) is 0 Å². The maximum absolute atomic E-state index is 4.87. The van der Waals surface area contributed by atoms with Crippen molar-refractivity contribution in [2.24, 2.45) is 0 Å². The Morgan fingerprint density at radius 3 is 2.56 bits per heavy atom. The van der Waals surface area contributed by atoms with Gasteiger partial charge in [-0.1, -0.05) is 12.2 Å². The van der Waals surface area contributed by atoms with Gasteiger partial charge in [0.05, 0.1) is 0 Å². The normalized spacial score (nSPS) is 11.7. The van der Waals surface area contributed by atoms with Crippen molar-refractivity contribution in [3.63, 3.8) is 0 Å². The highest BCUT2D eigenvalue weighted by Crippen LogP contribution is 2.14. The standard InChI is InChI=1S/C6H10S3/c1-5(8)3-6(2)9-4-7/h3,7H,4H2,1-2H3/b6-3-. The second kappa shape index (κ2) is 5.33. The minimum atomic E-state index is 0.824. The van der Waals surface area contributed by atoms with Gasteiger partial charge >= 0.3 is 0 Å². The zero-order chi connectivity index (χ0) is 7.28. The molecule has 0 saturated heterocycles. The average Bonchev–Trinajstić information content (AvgIpc) is 1.63. The van der Waals surface area contributed by atoms with Gasteiger partial charge in [0.15, 0.2) is 0 Å². The lowest BCUT2D eigenvalue weighted by Gasteiger charge is -1.93. The quantitative estimate of drug-likeness (QED) is 0.305. The Labute approximate surface area is 71.5 Å². The fourth-order valence-corrected chi connectivity index (χ4v) is 1.76. The van der Waals surface area contributed by atoms with Crippen molar-refractivity contribution in [3.05, 3.63) is 11.0 Å². The van der Waals surface area contributed by atoms with Gasteiger partial charge in [-0.05, 0) is 24.8 Å². The number of thiocarbonyl (C=S) groups is 1. The molecule has 0 atom stereocenters. The van der Waals surface area contributed by atoms with Crippen LogP contribution in [0.3, 0.4) is 0 Å².